The van der Waals surface area contributed by atoms with Crippen molar-refractivity contribution in [1.82, 2.24) is 9.91 Å². The third kappa shape index (κ3) is 6.01. The monoisotopic (exact) mass is 304 g/mol. The molecule has 0 aliphatic rings. The number of hydrogen-bond acceptors (Lipinski definition) is 5. The van der Waals surface area contributed by atoms with Crippen molar-refractivity contribution in [2.24, 2.45) is 20.6 Å². The maximum Gasteiger partial charge on any atom is 0.131 e. The minimum absolute atomic E-state index is 0.527. The number of nitrogens with two attached hydrogens (primary N) is 1. The van der Waals surface area contributed by atoms with Crippen molar-refractivity contribution in [1.29, 1.82) is 0 Å². The molecule has 22 heavy (non-hydrogen) atoms. The normalized spacial score (nSPS) is 12.8. The number of benzene rings is 1. The Labute approximate surface area is 132 Å². The summed E-state index contributed by atoms with van der Waals surface area (Å²) in [6, 6.07) is 7.49. The van der Waals surface area contributed by atoms with E-state index in [4.69, 9.17) is 0 Å². The molecule has 1 aromatic rings. The van der Waals surface area contributed by atoms with Gasteiger partial charge in [0.2, 0.25) is 0 Å². The zero-order valence-corrected chi connectivity index (χ0v) is 14.3. The molecule has 0 radical (unpaired) electrons. The first-order chi connectivity index (χ1) is 10.4. The van der Waals surface area contributed by atoms with E-state index in [1.807, 2.05) is 52.5 Å². The van der Waals surface area contributed by atoms with Crippen LogP contribution in [0.15, 0.2) is 56.2 Å². The van der Waals surface area contributed by atoms with Crippen molar-refractivity contribution < 1.29 is 5.32 Å². The van der Waals surface area contributed by atoms with E-state index in [0.29, 0.717) is 6.67 Å². The number of allylic oxidation sites excluding steroid dienone is 2. The molecule has 1 aromatic carbocycles. The van der Waals surface area contributed by atoms with Crippen LogP contribution < -0.4 is 5.32 Å². The Kier molecular flexibility index (Phi) is 7.18. The molecule has 0 saturated carbocycles. The molecule has 1 rings (SSSR count). The summed E-state index contributed by atoms with van der Waals surface area (Å²) in [5.74, 6) is 0. The van der Waals surface area contributed by atoms with E-state index in [9.17, 15) is 0 Å². The van der Waals surface area contributed by atoms with Crippen molar-refractivity contribution in [3.8, 4) is 0 Å². The van der Waals surface area contributed by atoms with Gasteiger partial charge in [0.15, 0.2) is 0 Å². The van der Waals surface area contributed by atoms with Gasteiger partial charge in [-0.3, -0.25) is 5.01 Å². The zero-order valence-electron chi connectivity index (χ0n) is 14.3. The topological polar surface area (TPSA) is 72.5 Å². The van der Waals surface area contributed by atoms with Crippen LogP contribution in [0.4, 0.5) is 11.4 Å². The van der Waals surface area contributed by atoms with Crippen molar-refractivity contribution >= 4 is 11.4 Å². The minimum Gasteiger partial charge on any atom is -0.353 e. The number of rotatable bonds is 7. The minimum atomic E-state index is 0.527. The van der Waals surface area contributed by atoms with E-state index < -0.39 is 0 Å². The molecule has 0 heterocycles. The number of nitrogens with zero attached hydrogens (tertiary/aromatic N) is 6. The van der Waals surface area contributed by atoms with Gasteiger partial charge in [-0.15, -0.1) is 5.11 Å². The third-order valence-corrected chi connectivity index (χ3v) is 3.23. The summed E-state index contributed by atoms with van der Waals surface area (Å²) in [5, 5.41) is 20.2. The Morgan fingerprint density at radius 2 is 1.55 bits per heavy atom. The zero-order chi connectivity index (χ0) is 16.5. The highest BCUT2D eigenvalue weighted by molar-refractivity contribution is 5.46. The highest BCUT2D eigenvalue weighted by Crippen LogP contribution is 2.19. The maximum atomic E-state index is 4.22. The van der Waals surface area contributed by atoms with E-state index in [-0.39, 0.29) is 0 Å². The van der Waals surface area contributed by atoms with Crippen molar-refractivity contribution in [2.75, 3.05) is 34.9 Å². The fourth-order valence-corrected chi connectivity index (χ4v) is 1.55. The second-order valence-electron chi connectivity index (χ2n) is 5.19. The first kappa shape index (κ1) is 17.8. The number of hydrogen-bond donors (Lipinski definition) is 1. The molecule has 0 aliphatic heterocycles. The molecule has 0 saturated heterocycles. The lowest BCUT2D eigenvalue weighted by molar-refractivity contribution is -0.577. The number of quaternary nitrogens is 1. The van der Waals surface area contributed by atoms with Crippen LogP contribution in [0.3, 0.4) is 0 Å². The van der Waals surface area contributed by atoms with Crippen LogP contribution in [0.25, 0.3) is 0 Å². The van der Waals surface area contributed by atoms with Gasteiger partial charge in [-0.2, -0.15) is 10.2 Å². The molecule has 2 N–H and O–H groups in total. The highest BCUT2D eigenvalue weighted by Gasteiger charge is 2.03. The molecular weight excluding hydrogens is 278 g/mol. The van der Waals surface area contributed by atoms with E-state index >= 15 is 0 Å². The largest absolute Gasteiger partial charge is 0.353 e. The van der Waals surface area contributed by atoms with Gasteiger partial charge in [0.05, 0.1) is 24.1 Å². The predicted molar refractivity (Wildman–Crippen MR) is 88.0 cm³/mol. The summed E-state index contributed by atoms with van der Waals surface area (Å²) in [4.78, 5) is 2.07. The molecular formula is C15H26N7+. The van der Waals surface area contributed by atoms with Gasteiger partial charge >= 0.3 is 0 Å². The van der Waals surface area contributed by atoms with E-state index in [1.54, 1.807) is 5.01 Å². The summed E-state index contributed by atoms with van der Waals surface area (Å²) >= 11 is 0. The van der Waals surface area contributed by atoms with Crippen molar-refractivity contribution in [3.63, 3.8) is 0 Å². The summed E-state index contributed by atoms with van der Waals surface area (Å²) < 4.78 is 0. The average molecular weight is 304 g/mol. The van der Waals surface area contributed by atoms with Crippen LogP contribution in [0, 0.1) is 0 Å². The fourth-order valence-electron chi connectivity index (χ4n) is 1.55. The lowest BCUT2D eigenvalue weighted by Gasteiger charge is -2.16. The van der Waals surface area contributed by atoms with Crippen LogP contribution in [0.2, 0.25) is 0 Å². The van der Waals surface area contributed by atoms with Crippen LogP contribution in [0.1, 0.15) is 13.8 Å². The molecule has 7 heteroatoms. The van der Waals surface area contributed by atoms with Crippen LogP contribution in [-0.4, -0.2) is 44.8 Å². The SMILES string of the molecule is C[NH2+]/C(C)=C(/C)N(C)CN=Nc1ccc(N=NN(C)C)cc1. The van der Waals surface area contributed by atoms with Gasteiger partial charge < -0.3 is 10.2 Å². The Bertz CT molecular complexity index is 544. The summed E-state index contributed by atoms with van der Waals surface area (Å²) in [6.07, 6.45) is 0. The number of azo groups is 1. The maximum absolute atomic E-state index is 4.22. The standard InChI is InChI=1S/C15H25N7/c1-12(16-3)13(2)22(6)11-17-18-14-7-9-15(10-8-14)19-20-21(4)5/h7-10,16H,11H2,1-6H3/p+1/b13-12-,18-17?,20-19?. The molecule has 0 atom stereocenters. The van der Waals surface area contributed by atoms with E-state index in [1.165, 1.54) is 11.4 Å². The molecule has 0 bridgehead atoms. The second kappa shape index (κ2) is 8.89. The lowest BCUT2D eigenvalue weighted by atomic mass is 10.3. The van der Waals surface area contributed by atoms with Gasteiger partial charge in [-0.1, -0.05) is 5.22 Å². The molecule has 0 aromatic heterocycles. The van der Waals surface area contributed by atoms with Gasteiger partial charge in [0.25, 0.3) is 0 Å². The van der Waals surface area contributed by atoms with E-state index in [2.05, 4.69) is 44.6 Å². The molecule has 7 nitrogen and oxygen atoms in total. The van der Waals surface area contributed by atoms with Crippen LogP contribution >= 0.6 is 0 Å². The molecule has 0 amide bonds. The first-order valence-corrected chi connectivity index (χ1v) is 7.18. The van der Waals surface area contributed by atoms with Crippen LogP contribution in [0.5, 0.6) is 0 Å². The molecule has 0 fully saturated rings. The summed E-state index contributed by atoms with van der Waals surface area (Å²) in [6.45, 7) is 4.69. The van der Waals surface area contributed by atoms with Gasteiger partial charge in [-0.05, 0) is 31.2 Å². The Morgan fingerprint density at radius 3 is 2.05 bits per heavy atom. The predicted octanol–water partition coefficient (Wildman–Crippen LogP) is 2.66. The van der Waals surface area contributed by atoms with E-state index in [0.717, 1.165) is 11.4 Å². The second-order valence-corrected chi connectivity index (χ2v) is 5.19. The Balaban J connectivity index is 2.60. The fraction of sp³-hybridized carbons (Fsp3) is 0.467. The van der Waals surface area contributed by atoms with Gasteiger partial charge in [0, 0.05) is 28.1 Å². The Morgan fingerprint density at radius 1 is 1.00 bits per heavy atom. The van der Waals surface area contributed by atoms with Crippen LogP contribution in [-0.2, 0) is 0 Å². The molecule has 0 spiro atoms. The summed E-state index contributed by atoms with van der Waals surface area (Å²) in [5.41, 5.74) is 4.03. The summed E-state index contributed by atoms with van der Waals surface area (Å²) in [7, 11) is 7.70. The molecule has 0 aliphatic carbocycles. The van der Waals surface area contributed by atoms with Gasteiger partial charge in [-0.25, -0.2) is 0 Å². The Hall–Kier alpha value is -2.28. The highest BCUT2D eigenvalue weighted by atomic mass is 15.5. The smallest absolute Gasteiger partial charge is 0.131 e. The molecule has 120 valence electrons. The van der Waals surface area contributed by atoms with Crippen molar-refractivity contribution in [3.05, 3.63) is 35.7 Å². The quantitative estimate of drug-likeness (QED) is 0.621. The van der Waals surface area contributed by atoms with Crippen molar-refractivity contribution in [2.45, 2.75) is 13.8 Å². The van der Waals surface area contributed by atoms with Gasteiger partial charge in [0.1, 0.15) is 12.4 Å². The molecule has 0 unspecified atom stereocenters. The average Bonchev–Trinajstić information content (AvgIpc) is 2.52. The lowest BCUT2D eigenvalue weighted by Crippen LogP contribution is -2.77. The third-order valence-electron chi connectivity index (χ3n) is 3.23. The first-order valence-electron chi connectivity index (χ1n) is 7.18.